The van der Waals surface area contributed by atoms with Crippen molar-refractivity contribution in [1.82, 2.24) is 4.90 Å². The van der Waals surface area contributed by atoms with Crippen molar-refractivity contribution in [2.24, 2.45) is 0 Å². The Kier molecular flexibility index (Phi) is 5.88. The highest BCUT2D eigenvalue weighted by Gasteiger charge is 2.07. The molecular weight excluding hydrogens is 210 g/mol. The Hall–Kier alpha value is -1.75. The molecule has 2 nitrogen and oxygen atoms in total. The van der Waals surface area contributed by atoms with Crippen LogP contribution in [0.4, 0.5) is 0 Å². The highest BCUT2D eigenvalue weighted by atomic mass is 16.2. The first kappa shape index (κ1) is 13.3. The normalized spacial score (nSPS) is 9.29. The van der Waals surface area contributed by atoms with Crippen molar-refractivity contribution in [3.05, 3.63) is 35.9 Å². The lowest BCUT2D eigenvalue weighted by Gasteiger charge is -2.17. The molecule has 90 valence electrons. The van der Waals surface area contributed by atoms with Gasteiger partial charge in [0, 0.05) is 24.6 Å². The second-order valence-electron chi connectivity index (χ2n) is 3.91. The highest BCUT2D eigenvalue weighted by Crippen LogP contribution is 1.97. The molecule has 1 amide bonds. The number of carbonyl (C=O) groups is 1. The average molecular weight is 229 g/mol. The molecule has 0 radical (unpaired) electrons. The van der Waals surface area contributed by atoms with Gasteiger partial charge in [0.2, 0.25) is 0 Å². The topological polar surface area (TPSA) is 20.3 Å². The van der Waals surface area contributed by atoms with Gasteiger partial charge in [0.25, 0.3) is 5.91 Å². The van der Waals surface area contributed by atoms with Crippen molar-refractivity contribution in [2.75, 3.05) is 13.1 Å². The fourth-order valence-electron chi connectivity index (χ4n) is 1.58. The van der Waals surface area contributed by atoms with E-state index >= 15 is 0 Å². The second kappa shape index (κ2) is 7.51. The minimum absolute atomic E-state index is 0.0717. The van der Waals surface area contributed by atoms with E-state index in [4.69, 9.17) is 0 Å². The fraction of sp³-hybridized carbons (Fsp3) is 0.400. The predicted octanol–water partition coefficient (Wildman–Crippen LogP) is 2.69. The number of hydrogen-bond acceptors (Lipinski definition) is 1. The number of hydrogen-bond donors (Lipinski definition) is 0. The number of benzene rings is 1. The highest BCUT2D eigenvalue weighted by molar-refractivity contribution is 5.94. The Morgan fingerprint density at radius 3 is 2.24 bits per heavy atom. The smallest absolute Gasteiger partial charge is 0.298 e. The van der Waals surface area contributed by atoms with E-state index in [1.807, 2.05) is 35.2 Å². The van der Waals surface area contributed by atoms with E-state index in [0.717, 1.165) is 31.5 Å². The minimum atomic E-state index is -0.0717. The molecule has 0 aliphatic carbocycles. The van der Waals surface area contributed by atoms with Crippen LogP contribution in [0.2, 0.25) is 0 Å². The summed E-state index contributed by atoms with van der Waals surface area (Å²) in [6.45, 7) is 5.72. The van der Waals surface area contributed by atoms with Crippen LogP contribution in [-0.2, 0) is 4.79 Å². The lowest BCUT2D eigenvalue weighted by molar-refractivity contribution is -0.125. The van der Waals surface area contributed by atoms with Crippen LogP contribution in [0.15, 0.2) is 30.3 Å². The van der Waals surface area contributed by atoms with Crippen molar-refractivity contribution in [2.45, 2.75) is 26.7 Å². The first-order valence-electron chi connectivity index (χ1n) is 6.14. The van der Waals surface area contributed by atoms with E-state index in [9.17, 15) is 4.79 Å². The number of nitrogens with zero attached hydrogens (tertiary/aromatic N) is 1. The summed E-state index contributed by atoms with van der Waals surface area (Å²) in [5, 5.41) is 0. The van der Waals surface area contributed by atoms with E-state index < -0.39 is 0 Å². The third kappa shape index (κ3) is 4.74. The molecule has 0 spiro atoms. The summed E-state index contributed by atoms with van der Waals surface area (Å²) in [6.07, 6.45) is 1.94. The maximum atomic E-state index is 11.8. The monoisotopic (exact) mass is 229 g/mol. The van der Waals surface area contributed by atoms with Crippen molar-refractivity contribution in [3.63, 3.8) is 0 Å². The first-order chi connectivity index (χ1) is 8.27. The van der Waals surface area contributed by atoms with Crippen molar-refractivity contribution in [1.29, 1.82) is 0 Å². The fourth-order valence-corrected chi connectivity index (χ4v) is 1.58. The van der Waals surface area contributed by atoms with Gasteiger partial charge in [-0.3, -0.25) is 4.79 Å². The van der Waals surface area contributed by atoms with Crippen LogP contribution < -0.4 is 0 Å². The lowest BCUT2D eigenvalue weighted by Crippen LogP contribution is -2.31. The average Bonchev–Trinajstić information content (AvgIpc) is 2.37. The quantitative estimate of drug-likeness (QED) is 0.727. The van der Waals surface area contributed by atoms with E-state index in [2.05, 4.69) is 25.7 Å². The maximum Gasteiger partial charge on any atom is 0.298 e. The summed E-state index contributed by atoms with van der Waals surface area (Å²) in [7, 11) is 0. The molecule has 0 saturated heterocycles. The van der Waals surface area contributed by atoms with Crippen molar-refractivity contribution < 1.29 is 4.79 Å². The summed E-state index contributed by atoms with van der Waals surface area (Å²) in [6, 6.07) is 9.59. The van der Waals surface area contributed by atoms with Crippen LogP contribution in [0, 0.1) is 11.8 Å². The molecule has 1 aromatic carbocycles. The van der Waals surface area contributed by atoms with Gasteiger partial charge in [-0.25, -0.2) is 0 Å². The first-order valence-corrected chi connectivity index (χ1v) is 6.14. The van der Waals surface area contributed by atoms with Gasteiger partial charge < -0.3 is 4.90 Å². The SMILES string of the molecule is CCCN(CCC)C(=O)C#Cc1ccccc1. The molecule has 0 aliphatic rings. The molecule has 0 saturated carbocycles. The predicted molar refractivity (Wildman–Crippen MR) is 70.5 cm³/mol. The summed E-state index contributed by atoms with van der Waals surface area (Å²) in [5.41, 5.74) is 0.883. The van der Waals surface area contributed by atoms with Gasteiger partial charge in [0.1, 0.15) is 0 Å². The van der Waals surface area contributed by atoms with E-state index in [-0.39, 0.29) is 5.91 Å². The van der Waals surface area contributed by atoms with Crippen molar-refractivity contribution in [3.8, 4) is 11.8 Å². The van der Waals surface area contributed by atoms with Crippen molar-refractivity contribution >= 4 is 5.91 Å². The van der Waals surface area contributed by atoms with E-state index in [1.54, 1.807) is 0 Å². The zero-order chi connectivity index (χ0) is 12.5. The second-order valence-corrected chi connectivity index (χ2v) is 3.91. The van der Waals surface area contributed by atoms with E-state index in [0.29, 0.717) is 0 Å². The molecule has 1 rings (SSSR count). The molecule has 0 atom stereocenters. The Bertz CT molecular complexity index is 394. The number of rotatable bonds is 4. The van der Waals surface area contributed by atoms with Crippen LogP contribution in [0.5, 0.6) is 0 Å². The summed E-state index contributed by atoms with van der Waals surface area (Å²) in [4.78, 5) is 13.7. The van der Waals surface area contributed by atoms with Gasteiger partial charge in [0.05, 0.1) is 0 Å². The third-order valence-corrected chi connectivity index (χ3v) is 2.36. The number of carbonyl (C=O) groups excluding carboxylic acids is 1. The molecule has 0 N–H and O–H groups in total. The zero-order valence-electron chi connectivity index (χ0n) is 10.6. The molecule has 0 heterocycles. The van der Waals surface area contributed by atoms with Crippen LogP contribution in [-0.4, -0.2) is 23.9 Å². The summed E-state index contributed by atoms with van der Waals surface area (Å²) >= 11 is 0. The third-order valence-electron chi connectivity index (χ3n) is 2.36. The maximum absolute atomic E-state index is 11.8. The molecule has 2 heteroatoms. The molecule has 1 aromatic rings. The Labute approximate surface area is 104 Å². The molecule has 0 unspecified atom stereocenters. The molecule has 0 bridgehead atoms. The summed E-state index contributed by atoms with van der Waals surface area (Å²) < 4.78 is 0. The van der Waals surface area contributed by atoms with Gasteiger partial charge in [-0.2, -0.15) is 0 Å². The van der Waals surface area contributed by atoms with Gasteiger partial charge >= 0.3 is 0 Å². The summed E-state index contributed by atoms with van der Waals surface area (Å²) in [5.74, 6) is 5.53. The lowest BCUT2D eigenvalue weighted by atomic mass is 10.2. The van der Waals surface area contributed by atoms with Crippen LogP contribution in [0.3, 0.4) is 0 Å². The minimum Gasteiger partial charge on any atom is -0.332 e. The van der Waals surface area contributed by atoms with Crippen LogP contribution >= 0.6 is 0 Å². The zero-order valence-corrected chi connectivity index (χ0v) is 10.6. The Morgan fingerprint density at radius 2 is 1.71 bits per heavy atom. The Balaban J connectivity index is 2.66. The molecule has 17 heavy (non-hydrogen) atoms. The van der Waals surface area contributed by atoms with Gasteiger partial charge in [-0.05, 0) is 25.0 Å². The van der Waals surface area contributed by atoms with Gasteiger partial charge in [-0.15, -0.1) is 0 Å². The molecular formula is C15H19NO. The van der Waals surface area contributed by atoms with Gasteiger partial charge in [-0.1, -0.05) is 38.0 Å². The van der Waals surface area contributed by atoms with Crippen LogP contribution in [0.25, 0.3) is 0 Å². The van der Waals surface area contributed by atoms with E-state index in [1.165, 1.54) is 0 Å². The Morgan fingerprint density at radius 1 is 1.12 bits per heavy atom. The standard InChI is InChI=1S/C15H19NO/c1-3-12-16(13-4-2)15(17)11-10-14-8-6-5-7-9-14/h5-9H,3-4,12-13H2,1-2H3. The number of amides is 1. The van der Waals surface area contributed by atoms with Crippen LogP contribution in [0.1, 0.15) is 32.3 Å². The molecule has 0 aromatic heterocycles. The molecule has 0 aliphatic heterocycles. The largest absolute Gasteiger partial charge is 0.332 e. The van der Waals surface area contributed by atoms with Gasteiger partial charge in [0.15, 0.2) is 0 Å². The molecule has 0 fully saturated rings.